The third kappa shape index (κ3) is 1.55. The number of methoxy groups -OCH3 is 1. The Hall–Kier alpha value is -1.22. The van der Waals surface area contributed by atoms with E-state index in [2.05, 4.69) is 12.2 Å². The highest BCUT2D eigenvalue weighted by Crippen LogP contribution is 2.34. The Labute approximate surface area is 83.7 Å². The maximum atomic E-state index is 9.81. The van der Waals surface area contributed by atoms with Crippen molar-refractivity contribution >= 4 is 5.69 Å². The third-order valence-corrected chi connectivity index (χ3v) is 2.60. The van der Waals surface area contributed by atoms with Crippen LogP contribution in [0.1, 0.15) is 25.0 Å². The number of benzene rings is 1. The van der Waals surface area contributed by atoms with E-state index in [1.54, 1.807) is 7.11 Å². The van der Waals surface area contributed by atoms with Gasteiger partial charge in [0.05, 0.1) is 13.2 Å². The molecular weight excluding hydrogens is 178 g/mol. The van der Waals surface area contributed by atoms with E-state index in [0.29, 0.717) is 6.04 Å². The van der Waals surface area contributed by atoms with Gasteiger partial charge in [0.25, 0.3) is 0 Å². The van der Waals surface area contributed by atoms with E-state index in [9.17, 15) is 5.11 Å². The number of anilines is 1. The highest BCUT2D eigenvalue weighted by molar-refractivity contribution is 5.58. The Kier molecular flexibility index (Phi) is 2.33. The molecule has 0 spiro atoms. The average molecular weight is 193 g/mol. The zero-order valence-corrected chi connectivity index (χ0v) is 8.45. The molecule has 0 saturated carbocycles. The molecule has 2 rings (SSSR count). The molecule has 2 atom stereocenters. The number of rotatable bonds is 1. The molecular formula is C11H15NO2. The van der Waals surface area contributed by atoms with Gasteiger partial charge in [-0.1, -0.05) is 6.07 Å². The van der Waals surface area contributed by atoms with Crippen molar-refractivity contribution in [3.05, 3.63) is 23.8 Å². The highest BCUT2D eigenvalue weighted by atomic mass is 16.5. The molecule has 0 amide bonds. The second kappa shape index (κ2) is 3.50. The van der Waals surface area contributed by atoms with Crippen LogP contribution in [-0.4, -0.2) is 18.3 Å². The van der Waals surface area contributed by atoms with Gasteiger partial charge < -0.3 is 15.2 Å². The summed E-state index contributed by atoms with van der Waals surface area (Å²) in [6, 6.07) is 6.02. The minimum Gasteiger partial charge on any atom is -0.497 e. The lowest BCUT2D eigenvalue weighted by Gasteiger charge is -2.28. The fourth-order valence-corrected chi connectivity index (χ4v) is 1.86. The normalized spacial score (nSPS) is 25.1. The van der Waals surface area contributed by atoms with E-state index < -0.39 is 0 Å². The van der Waals surface area contributed by atoms with Crippen molar-refractivity contribution in [1.82, 2.24) is 0 Å². The summed E-state index contributed by atoms with van der Waals surface area (Å²) in [5, 5.41) is 13.1. The Morgan fingerprint density at radius 1 is 1.50 bits per heavy atom. The summed E-state index contributed by atoms with van der Waals surface area (Å²) in [4.78, 5) is 0. The van der Waals surface area contributed by atoms with Crippen LogP contribution in [0.4, 0.5) is 5.69 Å². The van der Waals surface area contributed by atoms with Crippen molar-refractivity contribution in [2.24, 2.45) is 0 Å². The Morgan fingerprint density at radius 2 is 2.29 bits per heavy atom. The predicted octanol–water partition coefficient (Wildman–Crippen LogP) is 1.93. The number of fused-ring (bicyclic) bond motifs is 1. The second-order valence-corrected chi connectivity index (χ2v) is 3.75. The van der Waals surface area contributed by atoms with Crippen molar-refractivity contribution in [3.63, 3.8) is 0 Å². The van der Waals surface area contributed by atoms with Crippen molar-refractivity contribution in [2.45, 2.75) is 25.5 Å². The van der Waals surface area contributed by atoms with Crippen molar-refractivity contribution < 1.29 is 9.84 Å². The highest BCUT2D eigenvalue weighted by Gasteiger charge is 2.22. The SMILES string of the molecule is COc1ccc2c(c1)NC(C)CC2O. The average Bonchev–Trinajstić information content (AvgIpc) is 2.16. The molecule has 0 radical (unpaired) electrons. The van der Waals surface area contributed by atoms with E-state index in [1.165, 1.54) is 0 Å². The van der Waals surface area contributed by atoms with Crippen LogP contribution in [0.5, 0.6) is 5.75 Å². The van der Waals surface area contributed by atoms with Gasteiger partial charge in [0.15, 0.2) is 0 Å². The van der Waals surface area contributed by atoms with E-state index in [1.807, 2.05) is 18.2 Å². The lowest BCUT2D eigenvalue weighted by molar-refractivity contribution is 0.158. The number of aliphatic hydroxyl groups is 1. The standard InChI is InChI=1S/C11H15NO2/c1-7-5-11(13)9-4-3-8(14-2)6-10(9)12-7/h3-4,6-7,11-13H,5H2,1-2H3. The zero-order chi connectivity index (χ0) is 10.1. The van der Waals surface area contributed by atoms with Crippen molar-refractivity contribution in [3.8, 4) is 5.75 Å². The van der Waals surface area contributed by atoms with Crippen LogP contribution in [0, 0.1) is 0 Å². The smallest absolute Gasteiger partial charge is 0.120 e. The minimum atomic E-state index is -0.354. The van der Waals surface area contributed by atoms with Crippen molar-refractivity contribution in [2.75, 3.05) is 12.4 Å². The van der Waals surface area contributed by atoms with Crippen LogP contribution in [0.15, 0.2) is 18.2 Å². The minimum absolute atomic E-state index is 0.310. The van der Waals surface area contributed by atoms with Crippen molar-refractivity contribution in [1.29, 1.82) is 0 Å². The summed E-state index contributed by atoms with van der Waals surface area (Å²) in [6.45, 7) is 2.06. The van der Waals surface area contributed by atoms with Crippen LogP contribution in [0.3, 0.4) is 0 Å². The molecule has 0 aliphatic carbocycles. The summed E-state index contributed by atoms with van der Waals surface area (Å²) in [5.41, 5.74) is 1.94. The van der Waals surface area contributed by atoms with E-state index in [-0.39, 0.29) is 6.10 Å². The first-order valence-electron chi connectivity index (χ1n) is 4.83. The lowest BCUT2D eigenvalue weighted by Crippen LogP contribution is -2.25. The summed E-state index contributed by atoms with van der Waals surface area (Å²) in [6.07, 6.45) is 0.409. The van der Waals surface area contributed by atoms with Crippen LogP contribution >= 0.6 is 0 Å². The molecule has 3 heteroatoms. The quantitative estimate of drug-likeness (QED) is 0.716. The first-order chi connectivity index (χ1) is 6.70. The van der Waals surface area contributed by atoms with E-state index in [0.717, 1.165) is 23.4 Å². The Morgan fingerprint density at radius 3 is 3.00 bits per heavy atom. The molecule has 0 fully saturated rings. The zero-order valence-electron chi connectivity index (χ0n) is 8.45. The summed E-state index contributed by atoms with van der Waals surface area (Å²) >= 11 is 0. The van der Waals surface area contributed by atoms with Gasteiger partial charge in [-0.3, -0.25) is 0 Å². The lowest BCUT2D eigenvalue weighted by atomic mass is 9.96. The van der Waals surface area contributed by atoms with Crippen LogP contribution in [-0.2, 0) is 0 Å². The van der Waals surface area contributed by atoms with Crippen LogP contribution in [0.25, 0.3) is 0 Å². The fraction of sp³-hybridized carbons (Fsp3) is 0.455. The summed E-state index contributed by atoms with van der Waals surface area (Å²) in [5.74, 6) is 0.817. The molecule has 76 valence electrons. The molecule has 0 saturated heterocycles. The monoisotopic (exact) mass is 193 g/mol. The molecule has 1 aromatic carbocycles. The van der Waals surface area contributed by atoms with Gasteiger partial charge in [0.1, 0.15) is 5.75 Å². The summed E-state index contributed by atoms with van der Waals surface area (Å²) in [7, 11) is 1.64. The predicted molar refractivity (Wildman–Crippen MR) is 55.7 cm³/mol. The van der Waals surface area contributed by atoms with Gasteiger partial charge in [-0.15, -0.1) is 0 Å². The van der Waals surface area contributed by atoms with Gasteiger partial charge in [-0.05, 0) is 19.4 Å². The molecule has 1 aliphatic rings. The Balaban J connectivity index is 2.39. The van der Waals surface area contributed by atoms with Crippen LogP contribution < -0.4 is 10.1 Å². The third-order valence-electron chi connectivity index (χ3n) is 2.60. The van der Waals surface area contributed by atoms with Gasteiger partial charge in [-0.2, -0.15) is 0 Å². The molecule has 0 aromatic heterocycles. The largest absolute Gasteiger partial charge is 0.497 e. The van der Waals surface area contributed by atoms with Crippen LogP contribution in [0.2, 0.25) is 0 Å². The van der Waals surface area contributed by atoms with E-state index >= 15 is 0 Å². The maximum absolute atomic E-state index is 9.81. The molecule has 3 nitrogen and oxygen atoms in total. The molecule has 0 bridgehead atoms. The molecule has 1 aromatic rings. The number of hydrogen-bond donors (Lipinski definition) is 2. The number of ether oxygens (including phenoxy) is 1. The molecule has 2 unspecified atom stereocenters. The molecule has 1 heterocycles. The summed E-state index contributed by atoms with van der Waals surface area (Å²) < 4.78 is 5.13. The first-order valence-corrected chi connectivity index (χ1v) is 4.83. The number of nitrogens with one attached hydrogen (secondary N) is 1. The molecule has 14 heavy (non-hydrogen) atoms. The Bertz CT molecular complexity index is 338. The second-order valence-electron chi connectivity index (χ2n) is 3.75. The maximum Gasteiger partial charge on any atom is 0.120 e. The van der Waals surface area contributed by atoms with E-state index in [4.69, 9.17) is 4.74 Å². The molecule has 2 N–H and O–H groups in total. The first kappa shape index (κ1) is 9.34. The number of hydrogen-bond acceptors (Lipinski definition) is 3. The fourth-order valence-electron chi connectivity index (χ4n) is 1.86. The van der Waals surface area contributed by atoms with Gasteiger partial charge in [-0.25, -0.2) is 0 Å². The molecule has 1 aliphatic heterocycles. The van der Waals surface area contributed by atoms with Gasteiger partial charge >= 0.3 is 0 Å². The topological polar surface area (TPSA) is 41.5 Å². The van der Waals surface area contributed by atoms with Gasteiger partial charge in [0.2, 0.25) is 0 Å². The van der Waals surface area contributed by atoms with Gasteiger partial charge in [0, 0.05) is 23.4 Å². The number of aliphatic hydroxyl groups excluding tert-OH is 1.